The Morgan fingerprint density at radius 1 is 1.39 bits per heavy atom. The van der Waals surface area contributed by atoms with Crippen LogP contribution in [0, 0.1) is 17.6 Å². The summed E-state index contributed by atoms with van der Waals surface area (Å²) >= 11 is 0. The number of benzene rings is 1. The van der Waals surface area contributed by atoms with Crippen LogP contribution in [0.4, 0.5) is 8.78 Å². The molecule has 1 N–H and O–H groups in total. The first-order valence-electron chi connectivity index (χ1n) is 5.84. The smallest absolute Gasteiger partial charge is 0.223 e. The fourth-order valence-corrected chi connectivity index (χ4v) is 2.08. The Hall–Kier alpha value is -1.78. The molecule has 0 aliphatic carbocycles. The van der Waals surface area contributed by atoms with Gasteiger partial charge in [0, 0.05) is 18.9 Å². The maximum atomic E-state index is 13.4. The molecule has 5 heteroatoms. The highest BCUT2D eigenvalue weighted by molar-refractivity contribution is 5.98. The SMILES string of the molecule is O=C(C[C@H]1CCCNC1=O)c1cc(F)ccc1F. The minimum absolute atomic E-state index is 0.0772. The predicted molar refractivity (Wildman–Crippen MR) is 61.0 cm³/mol. The summed E-state index contributed by atoms with van der Waals surface area (Å²) in [4.78, 5) is 23.3. The maximum absolute atomic E-state index is 13.4. The van der Waals surface area contributed by atoms with Gasteiger partial charge in [-0.2, -0.15) is 0 Å². The lowest BCUT2D eigenvalue weighted by Crippen LogP contribution is -2.37. The molecule has 1 aromatic rings. The number of carbonyl (C=O) groups is 2. The summed E-state index contributed by atoms with van der Waals surface area (Å²) in [5, 5.41) is 2.66. The second-order valence-electron chi connectivity index (χ2n) is 4.38. The van der Waals surface area contributed by atoms with Crippen LogP contribution in [-0.2, 0) is 4.79 Å². The second kappa shape index (κ2) is 5.25. The number of rotatable bonds is 3. The summed E-state index contributed by atoms with van der Waals surface area (Å²) in [5.74, 6) is -2.57. The van der Waals surface area contributed by atoms with Crippen molar-refractivity contribution in [3.63, 3.8) is 0 Å². The third-order valence-corrected chi connectivity index (χ3v) is 3.06. The van der Waals surface area contributed by atoms with Gasteiger partial charge >= 0.3 is 0 Å². The first kappa shape index (κ1) is 12.7. The molecule has 96 valence electrons. The number of ketones is 1. The highest BCUT2D eigenvalue weighted by atomic mass is 19.1. The van der Waals surface area contributed by atoms with Crippen molar-refractivity contribution in [3.05, 3.63) is 35.4 Å². The highest BCUT2D eigenvalue weighted by Gasteiger charge is 2.26. The van der Waals surface area contributed by atoms with Gasteiger partial charge in [-0.3, -0.25) is 9.59 Å². The van der Waals surface area contributed by atoms with E-state index in [1.54, 1.807) is 0 Å². The van der Waals surface area contributed by atoms with Gasteiger partial charge in [0.1, 0.15) is 11.6 Å². The Morgan fingerprint density at radius 3 is 2.89 bits per heavy atom. The molecule has 0 radical (unpaired) electrons. The van der Waals surface area contributed by atoms with Gasteiger partial charge in [-0.1, -0.05) is 0 Å². The fraction of sp³-hybridized carbons (Fsp3) is 0.385. The van der Waals surface area contributed by atoms with E-state index in [9.17, 15) is 18.4 Å². The molecule has 0 aromatic heterocycles. The van der Waals surface area contributed by atoms with E-state index in [-0.39, 0.29) is 17.9 Å². The van der Waals surface area contributed by atoms with Crippen LogP contribution in [0.25, 0.3) is 0 Å². The molecule has 0 bridgehead atoms. The molecular weight excluding hydrogens is 240 g/mol. The van der Waals surface area contributed by atoms with Gasteiger partial charge in [-0.05, 0) is 31.0 Å². The average molecular weight is 253 g/mol. The molecule has 1 aromatic carbocycles. The molecule has 18 heavy (non-hydrogen) atoms. The number of nitrogens with one attached hydrogen (secondary N) is 1. The molecule has 1 aliphatic heterocycles. The number of carbonyl (C=O) groups excluding carboxylic acids is 2. The molecule has 0 unspecified atom stereocenters. The molecule has 1 saturated heterocycles. The van der Waals surface area contributed by atoms with E-state index in [1.165, 1.54) is 0 Å². The van der Waals surface area contributed by atoms with E-state index in [2.05, 4.69) is 5.32 Å². The average Bonchev–Trinajstić information content (AvgIpc) is 2.35. The zero-order valence-electron chi connectivity index (χ0n) is 9.71. The van der Waals surface area contributed by atoms with Crippen LogP contribution in [-0.4, -0.2) is 18.2 Å². The number of Topliss-reactive ketones (excluding diaryl/α,β-unsaturated/α-hetero) is 1. The van der Waals surface area contributed by atoms with Gasteiger partial charge in [0.05, 0.1) is 5.56 Å². The third-order valence-electron chi connectivity index (χ3n) is 3.06. The Labute approximate surface area is 103 Å². The lowest BCUT2D eigenvalue weighted by atomic mass is 9.91. The van der Waals surface area contributed by atoms with Crippen molar-refractivity contribution in [1.82, 2.24) is 5.32 Å². The zero-order chi connectivity index (χ0) is 13.1. The molecule has 1 fully saturated rings. The lowest BCUT2D eigenvalue weighted by molar-refractivity contribution is -0.126. The molecular formula is C13H13F2NO2. The van der Waals surface area contributed by atoms with Crippen molar-refractivity contribution in [3.8, 4) is 0 Å². The molecule has 1 heterocycles. The van der Waals surface area contributed by atoms with Gasteiger partial charge in [-0.15, -0.1) is 0 Å². The van der Waals surface area contributed by atoms with Crippen LogP contribution in [0.5, 0.6) is 0 Å². The number of piperidine rings is 1. The van der Waals surface area contributed by atoms with Gasteiger partial charge in [0.25, 0.3) is 0 Å². The number of halogens is 2. The number of amides is 1. The Bertz CT molecular complexity index is 488. The van der Waals surface area contributed by atoms with Gasteiger partial charge in [-0.25, -0.2) is 8.78 Å². The van der Waals surface area contributed by atoms with Crippen molar-refractivity contribution in [1.29, 1.82) is 0 Å². The summed E-state index contributed by atoms with van der Waals surface area (Å²) in [6.45, 7) is 0.609. The highest BCUT2D eigenvalue weighted by Crippen LogP contribution is 2.20. The van der Waals surface area contributed by atoms with Gasteiger partial charge in [0.2, 0.25) is 5.91 Å². The summed E-state index contributed by atoms with van der Waals surface area (Å²) in [5.41, 5.74) is -0.284. The molecule has 0 spiro atoms. The summed E-state index contributed by atoms with van der Waals surface area (Å²) in [6.07, 6.45) is 1.33. The van der Waals surface area contributed by atoms with Crippen LogP contribution in [0.2, 0.25) is 0 Å². The second-order valence-corrected chi connectivity index (χ2v) is 4.38. The fourth-order valence-electron chi connectivity index (χ4n) is 2.08. The Kier molecular flexibility index (Phi) is 3.69. The topological polar surface area (TPSA) is 46.2 Å². The van der Waals surface area contributed by atoms with Crippen molar-refractivity contribution in [2.45, 2.75) is 19.3 Å². The molecule has 1 aliphatic rings. The van der Waals surface area contributed by atoms with Crippen molar-refractivity contribution < 1.29 is 18.4 Å². The first-order chi connectivity index (χ1) is 8.58. The number of hydrogen-bond acceptors (Lipinski definition) is 2. The van der Waals surface area contributed by atoms with E-state index in [0.29, 0.717) is 13.0 Å². The summed E-state index contributed by atoms with van der Waals surface area (Å²) in [6, 6.07) is 2.75. The maximum Gasteiger partial charge on any atom is 0.223 e. The molecule has 1 amide bonds. The summed E-state index contributed by atoms with van der Waals surface area (Å²) < 4.78 is 26.3. The van der Waals surface area contributed by atoms with Crippen LogP contribution >= 0.6 is 0 Å². The largest absolute Gasteiger partial charge is 0.356 e. The minimum Gasteiger partial charge on any atom is -0.356 e. The van der Waals surface area contributed by atoms with E-state index < -0.39 is 23.3 Å². The van der Waals surface area contributed by atoms with Crippen molar-refractivity contribution in [2.24, 2.45) is 5.92 Å². The monoisotopic (exact) mass is 253 g/mol. The van der Waals surface area contributed by atoms with E-state index in [0.717, 1.165) is 24.6 Å². The third kappa shape index (κ3) is 2.72. The van der Waals surface area contributed by atoms with Gasteiger partial charge < -0.3 is 5.32 Å². The molecule has 2 rings (SSSR count). The predicted octanol–water partition coefficient (Wildman–Crippen LogP) is 2.06. The number of hydrogen-bond donors (Lipinski definition) is 1. The van der Waals surface area contributed by atoms with Gasteiger partial charge in [0.15, 0.2) is 5.78 Å². The first-order valence-corrected chi connectivity index (χ1v) is 5.84. The van der Waals surface area contributed by atoms with E-state index >= 15 is 0 Å². The van der Waals surface area contributed by atoms with Crippen molar-refractivity contribution >= 4 is 11.7 Å². The standard InChI is InChI=1S/C13H13F2NO2/c14-9-3-4-11(15)10(7-9)12(17)6-8-2-1-5-16-13(8)18/h3-4,7-8H,1-2,5-6H2,(H,16,18)/t8-/m1/s1. The minimum atomic E-state index is -0.752. The van der Waals surface area contributed by atoms with E-state index in [4.69, 9.17) is 0 Å². The quantitative estimate of drug-likeness (QED) is 0.838. The van der Waals surface area contributed by atoms with E-state index in [1.807, 2.05) is 0 Å². The Morgan fingerprint density at radius 2 is 2.17 bits per heavy atom. The Balaban J connectivity index is 2.11. The van der Waals surface area contributed by atoms with Crippen molar-refractivity contribution in [2.75, 3.05) is 6.54 Å². The van der Waals surface area contributed by atoms with Crippen LogP contribution in [0.1, 0.15) is 29.6 Å². The van der Waals surface area contributed by atoms with Crippen LogP contribution < -0.4 is 5.32 Å². The normalized spacial score (nSPS) is 19.4. The zero-order valence-corrected chi connectivity index (χ0v) is 9.71. The molecule has 0 saturated carbocycles. The lowest BCUT2D eigenvalue weighted by Gasteiger charge is -2.21. The van der Waals surface area contributed by atoms with Crippen LogP contribution in [0.3, 0.4) is 0 Å². The van der Waals surface area contributed by atoms with Crippen LogP contribution in [0.15, 0.2) is 18.2 Å². The summed E-state index contributed by atoms with van der Waals surface area (Å²) in [7, 11) is 0. The molecule has 3 nitrogen and oxygen atoms in total. The molecule has 1 atom stereocenters.